The third-order valence-electron chi connectivity index (χ3n) is 1.49. The smallest absolute Gasteiger partial charge is 0.278 e. The third kappa shape index (κ3) is 4.97. The minimum absolute atomic E-state index is 0.384. The quantitative estimate of drug-likeness (QED) is 0.729. The topological polar surface area (TPSA) is 22.1 Å². The van der Waals surface area contributed by atoms with E-state index in [1.54, 1.807) is 24.0 Å². The molecule has 1 heterocycles. The molecule has 0 saturated carbocycles. The minimum Gasteiger partial charge on any atom is -0.486 e. The number of hydrogen-bond donors (Lipinski definition) is 0. The highest BCUT2D eigenvalue weighted by Gasteiger charge is 2.22. The number of alkyl halides is 2. The Bertz CT molecular complexity index is 315. The Morgan fingerprint density at radius 3 is 2.80 bits per heavy atom. The van der Waals surface area contributed by atoms with E-state index < -0.39 is 12.5 Å². The summed E-state index contributed by atoms with van der Waals surface area (Å²) in [6.45, 7) is 2.22. The highest BCUT2D eigenvalue weighted by atomic mass is 32.2. The van der Waals surface area contributed by atoms with Gasteiger partial charge in [-0.1, -0.05) is 6.92 Å². The minimum atomic E-state index is -2.81. The fraction of sp³-hybridized carbons (Fsp3) is 0.500. The summed E-state index contributed by atoms with van der Waals surface area (Å²) < 4.78 is 29.9. The number of thioether (sulfide) groups is 1. The summed E-state index contributed by atoms with van der Waals surface area (Å²) in [5, 5.41) is 0. The van der Waals surface area contributed by atoms with Gasteiger partial charge in [0, 0.05) is 18.0 Å². The number of aromatic nitrogens is 1. The van der Waals surface area contributed by atoms with Gasteiger partial charge in [-0.2, -0.15) is 0 Å². The maximum absolute atomic E-state index is 12.5. The van der Waals surface area contributed by atoms with Crippen LogP contribution in [-0.4, -0.2) is 23.3 Å². The van der Waals surface area contributed by atoms with Crippen LogP contribution in [0.25, 0.3) is 0 Å². The van der Waals surface area contributed by atoms with E-state index in [4.69, 9.17) is 4.74 Å². The summed E-state index contributed by atoms with van der Waals surface area (Å²) in [5.74, 6) is -1.52. The van der Waals surface area contributed by atoms with Crippen molar-refractivity contribution < 1.29 is 13.5 Å². The molecule has 0 aliphatic heterocycles. The standard InChI is InChI=1S/C10H13F2NOS/c1-3-15-9-4-8(5-13-6-9)14-7-10(2,11)12/h4-6H,3,7H2,1-2H3. The lowest BCUT2D eigenvalue weighted by atomic mass is 10.4. The van der Waals surface area contributed by atoms with E-state index >= 15 is 0 Å². The van der Waals surface area contributed by atoms with Crippen LogP contribution in [0.15, 0.2) is 23.4 Å². The molecular formula is C10H13F2NOS. The second-order valence-electron chi connectivity index (χ2n) is 3.15. The maximum atomic E-state index is 12.5. The Morgan fingerprint density at radius 1 is 1.47 bits per heavy atom. The summed E-state index contributed by atoms with van der Waals surface area (Å²) in [4.78, 5) is 4.84. The van der Waals surface area contributed by atoms with Gasteiger partial charge in [0.25, 0.3) is 5.92 Å². The Hall–Kier alpha value is -0.840. The first-order valence-corrected chi connectivity index (χ1v) is 5.58. The normalized spacial score (nSPS) is 11.5. The van der Waals surface area contributed by atoms with Crippen molar-refractivity contribution in [3.63, 3.8) is 0 Å². The molecule has 0 aromatic carbocycles. The average Bonchev–Trinajstić information content (AvgIpc) is 2.15. The number of halogens is 2. The summed E-state index contributed by atoms with van der Waals surface area (Å²) in [6, 6.07) is 1.72. The van der Waals surface area contributed by atoms with Crippen molar-refractivity contribution >= 4 is 11.8 Å². The summed E-state index contributed by atoms with van der Waals surface area (Å²) in [7, 11) is 0. The van der Waals surface area contributed by atoms with Gasteiger partial charge in [0.05, 0.1) is 6.20 Å². The molecular weight excluding hydrogens is 220 g/mol. The second-order valence-corrected chi connectivity index (χ2v) is 4.49. The zero-order valence-electron chi connectivity index (χ0n) is 8.67. The van der Waals surface area contributed by atoms with Gasteiger partial charge in [0.15, 0.2) is 6.61 Å². The Labute approximate surface area is 92.0 Å². The first-order valence-electron chi connectivity index (χ1n) is 4.60. The van der Waals surface area contributed by atoms with Crippen molar-refractivity contribution in [1.82, 2.24) is 4.98 Å². The number of ether oxygens (including phenoxy) is 1. The number of pyridine rings is 1. The fourth-order valence-corrected chi connectivity index (χ4v) is 1.60. The van der Waals surface area contributed by atoms with Gasteiger partial charge in [0.1, 0.15) is 5.75 Å². The third-order valence-corrected chi connectivity index (χ3v) is 2.34. The Kier molecular flexibility index (Phi) is 4.32. The molecule has 0 bridgehead atoms. The molecule has 0 spiro atoms. The van der Waals surface area contributed by atoms with Gasteiger partial charge < -0.3 is 4.74 Å². The van der Waals surface area contributed by atoms with Gasteiger partial charge >= 0.3 is 0 Å². The van der Waals surface area contributed by atoms with E-state index in [0.717, 1.165) is 17.6 Å². The molecule has 1 rings (SSSR count). The van der Waals surface area contributed by atoms with Gasteiger partial charge in [-0.25, -0.2) is 8.78 Å². The summed E-state index contributed by atoms with van der Waals surface area (Å²) in [6.07, 6.45) is 3.12. The van der Waals surface area contributed by atoms with Crippen LogP contribution in [0.4, 0.5) is 8.78 Å². The molecule has 84 valence electrons. The molecule has 2 nitrogen and oxygen atoms in total. The van der Waals surface area contributed by atoms with E-state index in [1.807, 2.05) is 6.92 Å². The predicted molar refractivity (Wildman–Crippen MR) is 56.8 cm³/mol. The van der Waals surface area contributed by atoms with E-state index in [-0.39, 0.29) is 0 Å². The van der Waals surface area contributed by atoms with Crippen LogP contribution in [0.3, 0.4) is 0 Å². The maximum Gasteiger partial charge on any atom is 0.278 e. The molecule has 0 aliphatic carbocycles. The van der Waals surface area contributed by atoms with Gasteiger partial charge in [0.2, 0.25) is 0 Å². The van der Waals surface area contributed by atoms with Crippen LogP contribution in [0.1, 0.15) is 13.8 Å². The van der Waals surface area contributed by atoms with Crippen LogP contribution in [0.5, 0.6) is 5.75 Å². The van der Waals surface area contributed by atoms with E-state index in [9.17, 15) is 8.78 Å². The lowest BCUT2D eigenvalue weighted by Crippen LogP contribution is -2.20. The Morgan fingerprint density at radius 2 is 2.20 bits per heavy atom. The summed E-state index contributed by atoms with van der Waals surface area (Å²) >= 11 is 1.59. The van der Waals surface area contributed by atoms with Crippen molar-refractivity contribution in [2.45, 2.75) is 24.7 Å². The van der Waals surface area contributed by atoms with Gasteiger partial charge in [-0.3, -0.25) is 4.98 Å². The molecule has 0 amide bonds. The number of rotatable bonds is 5. The molecule has 0 saturated heterocycles. The zero-order valence-corrected chi connectivity index (χ0v) is 9.48. The van der Waals surface area contributed by atoms with Crippen molar-refractivity contribution in [3.05, 3.63) is 18.5 Å². The lowest BCUT2D eigenvalue weighted by Gasteiger charge is -2.11. The van der Waals surface area contributed by atoms with Crippen molar-refractivity contribution in [3.8, 4) is 5.75 Å². The monoisotopic (exact) mass is 233 g/mol. The van der Waals surface area contributed by atoms with Crippen LogP contribution in [-0.2, 0) is 0 Å². The van der Waals surface area contributed by atoms with Gasteiger partial charge in [-0.15, -0.1) is 11.8 Å². The molecule has 0 aliphatic rings. The predicted octanol–water partition coefficient (Wildman–Crippen LogP) is 3.23. The molecule has 5 heteroatoms. The molecule has 0 N–H and O–H groups in total. The van der Waals surface area contributed by atoms with Crippen molar-refractivity contribution in [2.24, 2.45) is 0 Å². The Balaban J connectivity index is 2.57. The van der Waals surface area contributed by atoms with Gasteiger partial charge in [-0.05, 0) is 11.8 Å². The van der Waals surface area contributed by atoms with Crippen LogP contribution in [0, 0.1) is 0 Å². The molecule has 0 radical (unpaired) electrons. The summed E-state index contributed by atoms with van der Waals surface area (Å²) in [5.41, 5.74) is 0. The molecule has 1 aromatic rings. The average molecular weight is 233 g/mol. The lowest BCUT2D eigenvalue weighted by molar-refractivity contribution is -0.0231. The zero-order chi connectivity index (χ0) is 11.3. The number of hydrogen-bond acceptors (Lipinski definition) is 3. The van der Waals surface area contributed by atoms with E-state index in [1.165, 1.54) is 6.20 Å². The molecule has 0 fully saturated rings. The van der Waals surface area contributed by atoms with E-state index in [0.29, 0.717) is 5.75 Å². The van der Waals surface area contributed by atoms with Crippen LogP contribution < -0.4 is 4.74 Å². The highest BCUT2D eigenvalue weighted by molar-refractivity contribution is 7.99. The SMILES string of the molecule is CCSc1cncc(OCC(C)(F)F)c1. The van der Waals surface area contributed by atoms with Crippen molar-refractivity contribution in [1.29, 1.82) is 0 Å². The van der Waals surface area contributed by atoms with Crippen LogP contribution in [0.2, 0.25) is 0 Å². The largest absolute Gasteiger partial charge is 0.486 e. The first-order chi connectivity index (χ1) is 7.01. The van der Waals surface area contributed by atoms with Crippen LogP contribution >= 0.6 is 11.8 Å². The molecule has 1 aromatic heterocycles. The molecule has 15 heavy (non-hydrogen) atoms. The molecule has 0 unspecified atom stereocenters. The fourth-order valence-electron chi connectivity index (χ4n) is 0.934. The highest BCUT2D eigenvalue weighted by Crippen LogP contribution is 2.22. The number of nitrogens with zero attached hydrogens (tertiary/aromatic N) is 1. The molecule has 0 atom stereocenters. The second kappa shape index (κ2) is 5.30. The van der Waals surface area contributed by atoms with E-state index in [2.05, 4.69) is 4.98 Å². The first kappa shape index (κ1) is 12.2. The van der Waals surface area contributed by atoms with Crippen molar-refractivity contribution in [2.75, 3.05) is 12.4 Å².